The van der Waals surface area contributed by atoms with Crippen molar-refractivity contribution in [2.24, 2.45) is 17.6 Å². The van der Waals surface area contributed by atoms with Crippen molar-refractivity contribution in [3.63, 3.8) is 0 Å². The molecule has 2 atom stereocenters. The third kappa shape index (κ3) is 5.21. The fourth-order valence-corrected chi connectivity index (χ4v) is 2.10. The fraction of sp³-hybridized carbons (Fsp3) is 0.533. The molecule has 0 fully saturated rings. The molecule has 108 valence electrons. The van der Waals surface area contributed by atoms with Crippen LogP contribution in [0.1, 0.15) is 32.4 Å². The molecule has 0 spiro atoms. The summed E-state index contributed by atoms with van der Waals surface area (Å²) < 4.78 is 0. The smallest absolute Gasteiger partial charge is 0.227 e. The molecular weight excluding hydrogens is 260 g/mol. The molecule has 1 rings (SSSR count). The maximum absolute atomic E-state index is 12.2. The molecule has 0 bridgehead atoms. The Kier molecular flexibility index (Phi) is 7.72. The van der Waals surface area contributed by atoms with E-state index in [-0.39, 0.29) is 30.3 Å². The monoisotopic (exact) mass is 284 g/mol. The molecule has 0 saturated heterocycles. The third-order valence-corrected chi connectivity index (χ3v) is 3.13. The SMILES string of the molecule is CC(C)CN(C)C(=O)C(C)C(N)c1ccccc1.Cl. The van der Waals surface area contributed by atoms with E-state index in [0.717, 1.165) is 12.1 Å². The van der Waals surface area contributed by atoms with Crippen molar-refractivity contribution < 1.29 is 4.79 Å². The van der Waals surface area contributed by atoms with Gasteiger partial charge in [0.2, 0.25) is 5.91 Å². The summed E-state index contributed by atoms with van der Waals surface area (Å²) in [4.78, 5) is 14.0. The highest BCUT2D eigenvalue weighted by Gasteiger charge is 2.24. The molecule has 4 heteroatoms. The van der Waals surface area contributed by atoms with Crippen molar-refractivity contribution in [2.75, 3.05) is 13.6 Å². The number of nitrogens with two attached hydrogens (primary N) is 1. The van der Waals surface area contributed by atoms with Gasteiger partial charge >= 0.3 is 0 Å². The van der Waals surface area contributed by atoms with Crippen molar-refractivity contribution in [2.45, 2.75) is 26.8 Å². The van der Waals surface area contributed by atoms with Crippen LogP contribution in [0.15, 0.2) is 30.3 Å². The van der Waals surface area contributed by atoms with Gasteiger partial charge in [0.15, 0.2) is 0 Å². The van der Waals surface area contributed by atoms with E-state index in [4.69, 9.17) is 5.73 Å². The highest BCUT2D eigenvalue weighted by molar-refractivity contribution is 5.85. The summed E-state index contributed by atoms with van der Waals surface area (Å²) in [5, 5.41) is 0. The topological polar surface area (TPSA) is 46.3 Å². The molecular formula is C15H25ClN2O. The van der Waals surface area contributed by atoms with Crippen LogP contribution >= 0.6 is 12.4 Å². The second kappa shape index (κ2) is 8.18. The number of carbonyl (C=O) groups is 1. The van der Waals surface area contributed by atoms with E-state index < -0.39 is 0 Å². The van der Waals surface area contributed by atoms with E-state index in [0.29, 0.717) is 5.92 Å². The van der Waals surface area contributed by atoms with Gasteiger partial charge in [-0.2, -0.15) is 0 Å². The van der Waals surface area contributed by atoms with Crippen LogP contribution in [0.3, 0.4) is 0 Å². The first-order chi connectivity index (χ1) is 8.43. The maximum Gasteiger partial charge on any atom is 0.227 e. The molecule has 1 aromatic rings. The second-order valence-corrected chi connectivity index (χ2v) is 5.34. The lowest BCUT2D eigenvalue weighted by atomic mass is 9.94. The van der Waals surface area contributed by atoms with E-state index in [1.165, 1.54) is 0 Å². The van der Waals surface area contributed by atoms with Crippen LogP contribution < -0.4 is 5.73 Å². The first-order valence-corrected chi connectivity index (χ1v) is 6.49. The zero-order valence-corrected chi connectivity index (χ0v) is 13.0. The summed E-state index contributed by atoms with van der Waals surface area (Å²) in [6.45, 7) is 6.87. The predicted molar refractivity (Wildman–Crippen MR) is 82.3 cm³/mol. The van der Waals surface area contributed by atoms with E-state index in [9.17, 15) is 4.79 Å². The van der Waals surface area contributed by atoms with Crippen molar-refractivity contribution in [1.29, 1.82) is 0 Å². The summed E-state index contributed by atoms with van der Waals surface area (Å²) in [6.07, 6.45) is 0. The summed E-state index contributed by atoms with van der Waals surface area (Å²) in [7, 11) is 1.84. The molecule has 0 aliphatic rings. The zero-order chi connectivity index (χ0) is 13.7. The molecule has 2 N–H and O–H groups in total. The van der Waals surface area contributed by atoms with Gasteiger partial charge in [0, 0.05) is 19.6 Å². The zero-order valence-electron chi connectivity index (χ0n) is 12.2. The third-order valence-electron chi connectivity index (χ3n) is 3.13. The van der Waals surface area contributed by atoms with Gasteiger partial charge in [-0.25, -0.2) is 0 Å². The van der Waals surface area contributed by atoms with E-state index in [2.05, 4.69) is 13.8 Å². The van der Waals surface area contributed by atoms with Crippen molar-refractivity contribution in [3.05, 3.63) is 35.9 Å². The largest absolute Gasteiger partial charge is 0.345 e. The van der Waals surface area contributed by atoms with Gasteiger partial charge in [-0.15, -0.1) is 12.4 Å². The molecule has 0 aliphatic heterocycles. The number of benzene rings is 1. The predicted octanol–water partition coefficient (Wildman–Crippen LogP) is 2.86. The van der Waals surface area contributed by atoms with Gasteiger partial charge in [0.25, 0.3) is 0 Å². The summed E-state index contributed by atoms with van der Waals surface area (Å²) in [5.74, 6) is 0.385. The number of amides is 1. The Labute approximate surface area is 122 Å². The van der Waals surface area contributed by atoms with Crippen LogP contribution in [0.25, 0.3) is 0 Å². The fourth-order valence-electron chi connectivity index (χ4n) is 2.10. The molecule has 1 aromatic carbocycles. The molecule has 0 radical (unpaired) electrons. The van der Waals surface area contributed by atoms with Gasteiger partial charge in [0.1, 0.15) is 0 Å². The minimum absolute atomic E-state index is 0. The van der Waals surface area contributed by atoms with Crippen LogP contribution in [0, 0.1) is 11.8 Å². The molecule has 0 saturated carbocycles. The molecule has 2 unspecified atom stereocenters. The number of nitrogens with zero attached hydrogens (tertiary/aromatic N) is 1. The maximum atomic E-state index is 12.2. The number of carbonyl (C=O) groups excluding carboxylic acids is 1. The van der Waals surface area contributed by atoms with E-state index >= 15 is 0 Å². The van der Waals surface area contributed by atoms with Crippen LogP contribution in [-0.2, 0) is 4.79 Å². The summed E-state index contributed by atoms with van der Waals surface area (Å²) in [6, 6.07) is 9.55. The lowest BCUT2D eigenvalue weighted by Gasteiger charge is -2.26. The Balaban J connectivity index is 0.00000324. The lowest BCUT2D eigenvalue weighted by Crippen LogP contribution is -2.38. The summed E-state index contributed by atoms with van der Waals surface area (Å²) >= 11 is 0. The van der Waals surface area contributed by atoms with Gasteiger partial charge in [-0.1, -0.05) is 51.1 Å². The Hall–Kier alpha value is -1.06. The Morgan fingerprint density at radius 2 is 1.74 bits per heavy atom. The van der Waals surface area contributed by atoms with Crippen LogP contribution in [-0.4, -0.2) is 24.4 Å². The van der Waals surface area contributed by atoms with Crippen LogP contribution in [0.2, 0.25) is 0 Å². The van der Waals surface area contributed by atoms with Crippen molar-refractivity contribution in [1.82, 2.24) is 4.90 Å². The molecule has 19 heavy (non-hydrogen) atoms. The minimum atomic E-state index is -0.242. The highest BCUT2D eigenvalue weighted by Crippen LogP contribution is 2.20. The average molecular weight is 285 g/mol. The van der Waals surface area contributed by atoms with Gasteiger partial charge < -0.3 is 10.6 Å². The molecule has 3 nitrogen and oxygen atoms in total. The normalized spacial score (nSPS) is 13.6. The van der Waals surface area contributed by atoms with Crippen LogP contribution in [0.4, 0.5) is 0 Å². The minimum Gasteiger partial charge on any atom is -0.345 e. The quantitative estimate of drug-likeness (QED) is 0.904. The van der Waals surface area contributed by atoms with E-state index in [1.54, 1.807) is 4.90 Å². The lowest BCUT2D eigenvalue weighted by molar-refractivity contribution is -0.134. The van der Waals surface area contributed by atoms with Gasteiger partial charge in [-0.3, -0.25) is 4.79 Å². The Morgan fingerprint density at radius 3 is 2.21 bits per heavy atom. The second-order valence-electron chi connectivity index (χ2n) is 5.34. The highest BCUT2D eigenvalue weighted by atomic mass is 35.5. The first kappa shape index (κ1) is 17.9. The number of hydrogen-bond acceptors (Lipinski definition) is 2. The van der Waals surface area contributed by atoms with Crippen molar-refractivity contribution in [3.8, 4) is 0 Å². The first-order valence-electron chi connectivity index (χ1n) is 6.49. The van der Waals surface area contributed by atoms with E-state index in [1.807, 2.05) is 44.3 Å². The average Bonchev–Trinajstić information content (AvgIpc) is 2.36. The van der Waals surface area contributed by atoms with Crippen molar-refractivity contribution >= 4 is 18.3 Å². The molecule has 0 aliphatic carbocycles. The molecule has 1 amide bonds. The molecule has 0 heterocycles. The van der Waals surface area contributed by atoms with Gasteiger partial charge in [0.05, 0.1) is 5.92 Å². The number of rotatable bonds is 5. The Bertz CT molecular complexity index is 381. The Morgan fingerprint density at radius 1 is 1.21 bits per heavy atom. The number of hydrogen-bond donors (Lipinski definition) is 1. The van der Waals surface area contributed by atoms with Gasteiger partial charge in [-0.05, 0) is 11.5 Å². The number of halogens is 1. The standard InChI is InChI=1S/C15H24N2O.ClH/c1-11(2)10-17(4)15(18)12(3)14(16)13-8-6-5-7-9-13;/h5-9,11-12,14H,10,16H2,1-4H3;1H. The molecule has 0 aromatic heterocycles. The summed E-state index contributed by atoms with van der Waals surface area (Å²) in [5.41, 5.74) is 7.17. The van der Waals surface area contributed by atoms with Crippen LogP contribution in [0.5, 0.6) is 0 Å².